The van der Waals surface area contributed by atoms with E-state index in [2.05, 4.69) is 15.3 Å². The number of ether oxygens (including phenoxy) is 4. The van der Waals surface area contributed by atoms with Crippen molar-refractivity contribution in [2.75, 3.05) is 7.11 Å². The number of hydrogen-bond acceptors (Lipinski definition) is 11. The summed E-state index contributed by atoms with van der Waals surface area (Å²) in [5.41, 5.74) is 0.170. The second-order valence-electron chi connectivity index (χ2n) is 14.1. The van der Waals surface area contributed by atoms with Crippen LogP contribution in [0.2, 0.25) is 0 Å². The summed E-state index contributed by atoms with van der Waals surface area (Å²) < 4.78 is 23.0. The molecule has 13 nitrogen and oxygen atoms in total. The number of aliphatic hydroxyl groups excluding tert-OH is 1. The first kappa shape index (κ1) is 35.5. The van der Waals surface area contributed by atoms with Crippen LogP contribution in [0.1, 0.15) is 50.2 Å². The molecule has 13 heteroatoms. The number of esters is 3. The van der Waals surface area contributed by atoms with Gasteiger partial charge in [-0.1, -0.05) is 32.1 Å². The Morgan fingerprint density at radius 1 is 1.16 bits per heavy atom. The molecule has 3 unspecified atom stereocenters. The van der Waals surface area contributed by atoms with Crippen LogP contribution in [0.5, 0.6) is 0 Å². The predicted molar refractivity (Wildman–Crippen MR) is 177 cm³/mol. The molecule has 4 N–H and O–H groups in total. The van der Waals surface area contributed by atoms with E-state index in [1.807, 2.05) is 32.1 Å². The number of nitrogens with one attached hydrogen (secondary N) is 2. The van der Waals surface area contributed by atoms with Crippen LogP contribution < -0.4 is 5.32 Å². The van der Waals surface area contributed by atoms with Crippen molar-refractivity contribution in [3.63, 3.8) is 0 Å². The molecule has 4 aliphatic rings. The van der Waals surface area contributed by atoms with Gasteiger partial charge in [0, 0.05) is 61.8 Å². The van der Waals surface area contributed by atoms with Crippen molar-refractivity contribution < 1.29 is 48.3 Å². The zero-order chi connectivity index (χ0) is 35.9. The molecule has 0 bridgehead atoms. The van der Waals surface area contributed by atoms with E-state index in [4.69, 9.17) is 18.9 Å². The maximum absolute atomic E-state index is 13.6. The van der Waals surface area contributed by atoms with E-state index in [1.165, 1.54) is 14.0 Å². The van der Waals surface area contributed by atoms with Gasteiger partial charge in [0.25, 0.3) is 0 Å². The number of aliphatic hydroxyl groups is 2. The van der Waals surface area contributed by atoms with E-state index in [9.17, 15) is 29.4 Å². The molecule has 50 heavy (non-hydrogen) atoms. The molecule has 13 atom stereocenters. The van der Waals surface area contributed by atoms with Gasteiger partial charge in [-0.05, 0) is 67.5 Å². The number of methoxy groups -OCH3 is 1. The van der Waals surface area contributed by atoms with Gasteiger partial charge < -0.3 is 39.5 Å². The number of cyclic esters (lactones) is 1. The molecule has 2 aromatic heterocycles. The van der Waals surface area contributed by atoms with Crippen LogP contribution in [-0.4, -0.2) is 87.2 Å². The third-order valence-corrected chi connectivity index (χ3v) is 11.3. The van der Waals surface area contributed by atoms with Crippen molar-refractivity contribution in [3.05, 3.63) is 77.9 Å². The van der Waals surface area contributed by atoms with Gasteiger partial charge in [-0.25, -0.2) is 14.4 Å². The van der Waals surface area contributed by atoms with Crippen molar-refractivity contribution in [1.82, 2.24) is 15.3 Å². The summed E-state index contributed by atoms with van der Waals surface area (Å²) in [7, 11) is 1.38. The van der Waals surface area contributed by atoms with Crippen LogP contribution in [0, 0.1) is 41.4 Å². The Balaban J connectivity index is 1.24. The molecule has 0 saturated heterocycles. The molecule has 0 spiro atoms. The number of hydrogen-bond donors (Lipinski definition) is 4. The van der Waals surface area contributed by atoms with Crippen LogP contribution >= 0.6 is 0 Å². The first-order valence-corrected chi connectivity index (χ1v) is 17.1. The summed E-state index contributed by atoms with van der Waals surface area (Å²) in [5, 5.41) is 26.9. The average molecular weight is 692 g/mol. The van der Waals surface area contributed by atoms with E-state index in [1.54, 1.807) is 49.8 Å². The third kappa shape index (κ3) is 6.26. The number of carbonyl (C=O) groups is 4. The summed E-state index contributed by atoms with van der Waals surface area (Å²) >= 11 is 0. The fourth-order valence-electron chi connectivity index (χ4n) is 8.78. The van der Waals surface area contributed by atoms with Gasteiger partial charge in [0.1, 0.15) is 24.0 Å². The lowest BCUT2D eigenvalue weighted by Crippen LogP contribution is -2.65. The average Bonchev–Trinajstić information content (AvgIpc) is 3.70. The van der Waals surface area contributed by atoms with Crippen LogP contribution in [-0.2, 0) is 39.9 Å². The lowest BCUT2D eigenvalue weighted by atomic mass is 9.46. The Labute approximate surface area is 290 Å². The van der Waals surface area contributed by atoms with Crippen LogP contribution in [0.3, 0.4) is 0 Å². The highest BCUT2D eigenvalue weighted by Gasteiger charge is 2.71. The van der Waals surface area contributed by atoms with Gasteiger partial charge in [-0.15, -0.1) is 0 Å². The minimum Gasteiger partial charge on any atom is -0.457 e. The van der Waals surface area contributed by atoms with Crippen molar-refractivity contribution in [1.29, 1.82) is 0 Å². The molecule has 0 radical (unpaired) electrons. The number of allylic oxidation sites excluding steroid dienone is 1. The number of amides is 1. The van der Waals surface area contributed by atoms with Crippen molar-refractivity contribution in [3.8, 4) is 0 Å². The maximum Gasteiger partial charge on any atom is 0.397 e. The molecule has 1 aliphatic heterocycles. The van der Waals surface area contributed by atoms with E-state index >= 15 is 0 Å². The van der Waals surface area contributed by atoms with Crippen molar-refractivity contribution >= 4 is 23.8 Å². The summed E-state index contributed by atoms with van der Waals surface area (Å²) in [4.78, 5) is 58.7. The zero-order valence-corrected chi connectivity index (χ0v) is 28.7. The van der Waals surface area contributed by atoms with E-state index in [0.717, 1.165) is 5.56 Å². The zero-order valence-electron chi connectivity index (χ0n) is 28.7. The molecule has 3 heterocycles. The quantitative estimate of drug-likeness (QED) is 0.145. The second-order valence-corrected chi connectivity index (χ2v) is 14.1. The maximum atomic E-state index is 13.6. The SMILES string of the molecule is CO[C@H]1C[C@H]2C=CC3C(C4[C@H]3[C@H](OC(=O)c3ccc[nH]3)[C@H](C)[C@H]4O)[C@]2(O)/C(C)=C/[C@@H](C)[C@@H]([C@@H](C)OC(=O)C(=O)NCc2ccncc2)OC1=O. The fourth-order valence-corrected chi connectivity index (χ4v) is 8.78. The molecule has 6 rings (SSSR count). The lowest BCUT2D eigenvalue weighted by Gasteiger charge is -2.61. The number of aromatic amines is 1. The molecule has 0 aromatic carbocycles. The second kappa shape index (κ2) is 14.1. The summed E-state index contributed by atoms with van der Waals surface area (Å²) in [6.45, 7) is 7.08. The normalized spacial score (nSPS) is 37.7. The Morgan fingerprint density at radius 2 is 1.90 bits per heavy atom. The monoisotopic (exact) mass is 691 g/mol. The Morgan fingerprint density at radius 3 is 2.58 bits per heavy atom. The molecule has 2 aromatic rings. The number of rotatable bonds is 7. The number of fused-ring (bicyclic) bond motifs is 6. The minimum absolute atomic E-state index is 0.0810. The molecular formula is C37H45N3O10. The standard InChI is InChI=1S/C37H45N3O10/c1-18-15-19(2)37(46)23(8-9-24-27-28(29(24)37)30(41)20(3)32(27)50-34(43)25-7-6-12-39-25)16-26(47-5)35(44)49-31(18)21(4)48-36(45)33(42)40-17-22-10-13-38-14-11-22/h6-15,18,20-21,23-24,26-32,39,41,46H,16-17H2,1-5H3,(H,40,42)/b19-15+/t18-,20-,21-,23-,24?,26+,27+,28?,29?,30-,31+,32-,37+/m1/s1. The van der Waals surface area contributed by atoms with E-state index in [-0.39, 0.29) is 36.6 Å². The van der Waals surface area contributed by atoms with E-state index < -0.39 is 77.7 Å². The number of carbonyl (C=O) groups excluding carboxylic acids is 4. The summed E-state index contributed by atoms with van der Waals surface area (Å²) in [6.07, 6.45) is 6.03. The molecule has 1 amide bonds. The van der Waals surface area contributed by atoms with Gasteiger partial charge in [0.05, 0.1) is 11.7 Å². The molecule has 3 aliphatic carbocycles. The predicted octanol–water partition coefficient (Wildman–Crippen LogP) is 2.50. The van der Waals surface area contributed by atoms with Gasteiger partial charge in [-0.3, -0.25) is 9.78 Å². The first-order chi connectivity index (χ1) is 23.9. The topological polar surface area (TPSA) is 186 Å². The summed E-state index contributed by atoms with van der Waals surface area (Å²) in [6, 6.07) is 6.75. The highest BCUT2D eigenvalue weighted by Crippen LogP contribution is 2.66. The molecule has 268 valence electrons. The first-order valence-electron chi connectivity index (χ1n) is 17.1. The van der Waals surface area contributed by atoms with Gasteiger partial charge >= 0.3 is 23.8 Å². The van der Waals surface area contributed by atoms with E-state index in [0.29, 0.717) is 11.3 Å². The molecule has 2 fully saturated rings. The number of H-pyrrole nitrogens is 1. The van der Waals surface area contributed by atoms with Crippen LogP contribution in [0.25, 0.3) is 0 Å². The fraction of sp³-hybridized carbons (Fsp3) is 0.541. The number of nitrogens with zero attached hydrogens (tertiary/aromatic N) is 1. The molecular weight excluding hydrogens is 646 g/mol. The molecule has 2 saturated carbocycles. The largest absolute Gasteiger partial charge is 0.457 e. The van der Waals surface area contributed by atoms with Crippen LogP contribution in [0.4, 0.5) is 0 Å². The Hall–Kier alpha value is -4.33. The Bertz CT molecular complexity index is 1640. The highest BCUT2D eigenvalue weighted by molar-refractivity contribution is 6.32. The van der Waals surface area contributed by atoms with Crippen molar-refractivity contribution in [2.24, 2.45) is 41.4 Å². The minimum atomic E-state index is -1.50. The smallest absolute Gasteiger partial charge is 0.397 e. The third-order valence-electron chi connectivity index (χ3n) is 11.3. The van der Waals surface area contributed by atoms with Gasteiger partial charge in [-0.2, -0.15) is 0 Å². The lowest BCUT2D eigenvalue weighted by molar-refractivity contribution is -0.189. The van der Waals surface area contributed by atoms with Gasteiger partial charge in [0.2, 0.25) is 0 Å². The highest BCUT2D eigenvalue weighted by atomic mass is 16.6. The number of aromatic nitrogens is 2. The van der Waals surface area contributed by atoms with Crippen molar-refractivity contribution in [2.45, 2.75) is 76.8 Å². The summed E-state index contributed by atoms with van der Waals surface area (Å²) in [5.74, 6) is -6.06. The number of pyridine rings is 1. The Kier molecular flexibility index (Phi) is 10.0. The van der Waals surface area contributed by atoms with Gasteiger partial charge in [0.15, 0.2) is 6.10 Å². The van der Waals surface area contributed by atoms with Crippen LogP contribution in [0.15, 0.2) is 66.7 Å².